The van der Waals surface area contributed by atoms with Gasteiger partial charge in [0.05, 0.1) is 18.8 Å². The van der Waals surface area contributed by atoms with E-state index < -0.39 is 23.5 Å². The van der Waals surface area contributed by atoms with Crippen molar-refractivity contribution in [1.29, 1.82) is 0 Å². The number of aromatic nitrogens is 2. The number of rotatable bonds is 9. The Morgan fingerprint density at radius 3 is 1.64 bits per heavy atom. The van der Waals surface area contributed by atoms with Crippen molar-refractivity contribution in [3.63, 3.8) is 0 Å². The number of allylic oxidation sites excluding steroid dienone is 1. The molecule has 0 fully saturated rings. The molecule has 0 amide bonds. The van der Waals surface area contributed by atoms with Crippen LogP contribution in [-0.4, -0.2) is 58.3 Å². The zero-order chi connectivity index (χ0) is 33.0. The molecule has 0 unspecified atom stereocenters. The number of carbonyl (C=O) groups excluding carboxylic acids is 5. The topological polar surface area (TPSA) is 139 Å². The van der Waals surface area contributed by atoms with Crippen molar-refractivity contribution >= 4 is 35.6 Å². The van der Waals surface area contributed by atoms with Crippen molar-refractivity contribution in [3.8, 4) is 0 Å². The molecule has 0 bridgehead atoms. The molecule has 2 aromatic heterocycles. The first-order chi connectivity index (χ1) is 20.6. The van der Waals surface area contributed by atoms with Gasteiger partial charge in [-0.05, 0) is 103 Å². The molecular weight excluding hydrogens is 564 g/mol. The molecule has 0 atom stereocenters. The fourth-order valence-corrected chi connectivity index (χ4v) is 3.64. The van der Waals surface area contributed by atoms with Gasteiger partial charge in [0, 0.05) is 22.5 Å². The highest BCUT2D eigenvalue weighted by molar-refractivity contribution is 6.08. The van der Waals surface area contributed by atoms with Crippen molar-refractivity contribution < 1.29 is 38.2 Å². The standard InChI is InChI=1S/C23H25NO5.C11H13NO3/c1-6-28-22(27)19-14-18(13-15(2)24-19)20(25)12-9-16-7-10-17(11-8-16)21(26)29-23(3,4)5;1-4-15-11(14)10-6-9(8(3)13)5-7(2)12-10/h7-14H,6H2,1-5H3;5-6H,4H2,1-3H3. The number of benzene rings is 1. The van der Waals surface area contributed by atoms with Crippen LogP contribution in [0.25, 0.3) is 6.08 Å². The molecule has 10 heteroatoms. The Kier molecular flexibility index (Phi) is 12.8. The Labute approximate surface area is 257 Å². The van der Waals surface area contributed by atoms with Gasteiger partial charge < -0.3 is 14.2 Å². The number of aryl methyl sites for hydroxylation is 2. The normalized spacial score (nSPS) is 10.8. The van der Waals surface area contributed by atoms with Crippen LogP contribution in [0.3, 0.4) is 0 Å². The second-order valence-corrected chi connectivity index (χ2v) is 10.6. The average Bonchev–Trinajstić information content (AvgIpc) is 2.95. The number of ether oxygens (including phenoxy) is 3. The second-order valence-electron chi connectivity index (χ2n) is 10.6. The summed E-state index contributed by atoms with van der Waals surface area (Å²) in [5.74, 6) is -1.82. The molecule has 1 aromatic carbocycles. The largest absolute Gasteiger partial charge is 0.461 e. The van der Waals surface area contributed by atoms with E-state index >= 15 is 0 Å². The summed E-state index contributed by atoms with van der Waals surface area (Å²) in [7, 11) is 0. The Balaban J connectivity index is 0.000000378. The van der Waals surface area contributed by atoms with Crippen LogP contribution in [0.15, 0.2) is 54.6 Å². The van der Waals surface area contributed by atoms with Gasteiger partial charge in [-0.1, -0.05) is 18.2 Å². The van der Waals surface area contributed by atoms with Crippen LogP contribution in [0.5, 0.6) is 0 Å². The minimum absolute atomic E-state index is 0.0916. The highest BCUT2D eigenvalue weighted by atomic mass is 16.6. The number of ketones is 2. The summed E-state index contributed by atoms with van der Waals surface area (Å²) in [6, 6.07) is 12.9. The Morgan fingerprint density at radius 2 is 1.18 bits per heavy atom. The van der Waals surface area contributed by atoms with Crippen molar-refractivity contribution in [1.82, 2.24) is 9.97 Å². The summed E-state index contributed by atoms with van der Waals surface area (Å²) < 4.78 is 15.1. The van der Waals surface area contributed by atoms with Crippen LogP contribution < -0.4 is 0 Å². The van der Waals surface area contributed by atoms with Crippen molar-refractivity contribution in [2.75, 3.05) is 13.2 Å². The van der Waals surface area contributed by atoms with Gasteiger partial charge in [-0.25, -0.2) is 24.4 Å². The maximum Gasteiger partial charge on any atom is 0.356 e. The number of carbonyl (C=O) groups is 5. The number of hydrogen-bond donors (Lipinski definition) is 0. The van der Waals surface area contributed by atoms with E-state index in [1.165, 1.54) is 25.1 Å². The van der Waals surface area contributed by atoms with Crippen LogP contribution in [0, 0.1) is 13.8 Å². The minimum Gasteiger partial charge on any atom is -0.461 e. The zero-order valence-electron chi connectivity index (χ0n) is 26.3. The lowest BCUT2D eigenvalue weighted by atomic mass is 10.1. The summed E-state index contributed by atoms with van der Waals surface area (Å²) in [6.07, 6.45) is 3.05. The lowest BCUT2D eigenvalue weighted by Gasteiger charge is -2.19. The van der Waals surface area contributed by atoms with Crippen LogP contribution in [0.4, 0.5) is 0 Å². The summed E-state index contributed by atoms with van der Waals surface area (Å²) in [6.45, 7) is 14.3. The van der Waals surface area contributed by atoms with Crippen LogP contribution in [-0.2, 0) is 14.2 Å². The number of hydrogen-bond acceptors (Lipinski definition) is 10. The molecule has 232 valence electrons. The third kappa shape index (κ3) is 11.4. The van der Waals surface area contributed by atoms with E-state index in [4.69, 9.17) is 14.2 Å². The molecule has 0 saturated carbocycles. The molecular formula is C34H38N2O8. The quantitative estimate of drug-likeness (QED) is 0.121. The van der Waals surface area contributed by atoms with Crippen LogP contribution in [0.2, 0.25) is 0 Å². The van der Waals surface area contributed by atoms with Gasteiger partial charge in [-0.2, -0.15) is 0 Å². The lowest BCUT2D eigenvalue weighted by Crippen LogP contribution is -2.23. The van der Waals surface area contributed by atoms with E-state index in [0.29, 0.717) is 34.7 Å². The molecule has 0 saturated heterocycles. The van der Waals surface area contributed by atoms with Gasteiger partial charge in [-0.15, -0.1) is 0 Å². The number of Topliss-reactive ketones (excluding diaryl/α,β-unsaturated/α-hetero) is 1. The average molecular weight is 603 g/mol. The van der Waals surface area contributed by atoms with Gasteiger partial charge in [0.2, 0.25) is 0 Å². The van der Waals surface area contributed by atoms with Gasteiger partial charge in [0.25, 0.3) is 0 Å². The van der Waals surface area contributed by atoms with E-state index in [-0.39, 0.29) is 29.6 Å². The fourth-order valence-electron chi connectivity index (χ4n) is 3.64. The first-order valence-electron chi connectivity index (χ1n) is 14.0. The molecule has 0 N–H and O–H groups in total. The maximum atomic E-state index is 12.5. The SMILES string of the molecule is CCOC(=O)c1cc(C(=O)C=Cc2ccc(C(=O)OC(C)(C)C)cc2)cc(C)n1.CCOC(=O)c1cc(C(C)=O)cc(C)n1. The molecule has 0 aliphatic carbocycles. The Hall–Kier alpha value is -4.99. The summed E-state index contributed by atoms with van der Waals surface area (Å²) in [5, 5.41) is 0. The Morgan fingerprint density at radius 1 is 0.705 bits per heavy atom. The molecule has 0 aliphatic rings. The molecule has 0 radical (unpaired) electrons. The smallest absolute Gasteiger partial charge is 0.356 e. The predicted molar refractivity (Wildman–Crippen MR) is 165 cm³/mol. The van der Waals surface area contributed by atoms with E-state index in [9.17, 15) is 24.0 Å². The lowest BCUT2D eigenvalue weighted by molar-refractivity contribution is 0.00688. The van der Waals surface area contributed by atoms with Gasteiger partial charge in [0.1, 0.15) is 17.0 Å². The van der Waals surface area contributed by atoms with E-state index in [1.807, 2.05) is 20.8 Å². The van der Waals surface area contributed by atoms with Gasteiger partial charge >= 0.3 is 17.9 Å². The van der Waals surface area contributed by atoms with E-state index in [2.05, 4.69) is 9.97 Å². The first-order valence-corrected chi connectivity index (χ1v) is 14.0. The van der Waals surface area contributed by atoms with Gasteiger partial charge in [0.15, 0.2) is 11.6 Å². The van der Waals surface area contributed by atoms with Crippen molar-refractivity contribution in [2.45, 2.75) is 61.0 Å². The molecule has 0 spiro atoms. The maximum absolute atomic E-state index is 12.5. The van der Waals surface area contributed by atoms with Crippen LogP contribution in [0.1, 0.15) is 111 Å². The predicted octanol–water partition coefficient (Wildman–Crippen LogP) is 6.19. The number of esters is 3. The Bertz CT molecular complexity index is 1550. The fraction of sp³-hybridized carbons (Fsp3) is 0.324. The minimum atomic E-state index is -0.563. The molecule has 3 aromatic rings. The molecule has 44 heavy (non-hydrogen) atoms. The highest BCUT2D eigenvalue weighted by Crippen LogP contribution is 2.15. The third-order valence-corrected chi connectivity index (χ3v) is 5.54. The summed E-state index contributed by atoms with van der Waals surface area (Å²) in [5.41, 5.74) is 2.92. The first kappa shape index (κ1) is 35.2. The molecule has 2 heterocycles. The molecule has 10 nitrogen and oxygen atoms in total. The number of nitrogens with zero attached hydrogens (tertiary/aromatic N) is 2. The third-order valence-electron chi connectivity index (χ3n) is 5.54. The monoisotopic (exact) mass is 602 g/mol. The second kappa shape index (κ2) is 16.0. The number of pyridine rings is 2. The summed E-state index contributed by atoms with van der Waals surface area (Å²) >= 11 is 0. The van der Waals surface area contributed by atoms with Gasteiger partial charge in [-0.3, -0.25) is 9.59 Å². The van der Waals surface area contributed by atoms with Crippen LogP contribution >= 0.6 is 0 Å². The zero-order valence-corrected chi connectivity index (χ0v) is 26.3. The van der Waals surface area contributed by atoms with E-state index in [0.717, 1.165) is 5.56 Å². The van der Waals surface area contributed by atoms with Crippen molar-refractivity contribution in [2.24, 2.45) is 0 Å². The van der Waals surface area contributed by atoms with Crippen molar-refractivity contribution in [3.05, 3.63) is 99.6 Å². The molecule has 0 aliphatic heterocycles. The highest BCUT2D eigenvalue weighted by Gasteiger charge is 2.18. The summed E-state index contributed by atoms with van der Waals surface area (Å²) in [4.78, 5) is 67.1. The molecule has 3 rings (SSSR count). The van der Waals surface area contributed by atoms with E-state index in [1.54, 1.807) is 70.2 Å².